The summed E-state index contributed by atoms with van der Waals surface area (Å²) in [7, 11) is 0. The highest BCUT2D eigenvalue weighted by molar-refractivity contribution is 5.89. The molecule has 0 aromatic heterocycles. The second-order valence-electron chi connectivity index (χ2n) is 13.1. The van der Waals surface area contributed by atoms with Crippen LogP contribution in [-0.2, 0) is 31.9 Å². The third kappa shape index (κ3) is 9.42. The van der Waals surface area contributed by atoms with E-state index >= 15 is 0 Å². The molecule has 5 heteroatoms. The zero-order chi connectivity index (χ0) is 33.1. The van der Waals surface area contributed by atoms with Gasteiger partial charge in [0.1, 0.15) is 0 Å². The van der Waals surface area contributed by atoms with Crippen LogP contribution in [0.25, 0.3) is 21.9 Å². The van der Waals surface area contributed by atoms with Gasteiger partial charge in [0.25, 0.3) is 0 Å². The van der Waals surface area contributed by atoms with Gasteiger partial charge in [0, 0.05) is 11.5 Å². The standard InChI is InChI=1S/C41H52O5/c1-6-8-9-11-30-16-17-35(22-33(30)10-7-2)38-21-20-36-23-34(18-19-37(36)24-38)31-12-14-32(15-13-31)39(26-45-40(43)28(3)4)27-46-41(44)29(5)25-42/h16-24,31-32,39,42H,3,5-15,25-27H2,1-2,4H3. The van der Waals surface area contributed by atoms with Gasteiger partial charge >= 0.3 is 11.9 Å². The molecule has 1 fully saturated rings. The number of aliphatic hydroxyl groups is 1. The molecule has 4 rings (SSSR count). The Morgan fingerprint density at radius 2 is 1.43 bits per heavy atom. The molecular formula is C41H52O5. The summed E-state index contributed by atoms with van der Waals surface area (Å²) < 4.78 is 10.9. The molecule has 1 atom stereocenters. The van der Waals surface area contributed by atoms with E-state index in [1.54, 1.807) is 6.92 Å². The van der Waals surface area contributed by atoms with Gasteiger partial charge in [-0.2, -0.15) is 0 Å². The van der Waals surface area contributed by atoms with E-state index in [2.05, 4.69) is 81.6 Å². The van der Waals surface area contributed by atoms with Gasteiger partial charge in [0.15, 0.2) is 0 Å². The van der Waals surface area contributed by atoms with E-state index in [4.69, 9.17) is 9.47 Å². The normalized spacial score (nSPS) is 17.0. The number of unbranched alkanes of at least 4 members (excludes halogenated alkanes) is 2. The number of hydrogen-bond acceptors (Lipinski definition) is 5. The maximum atomic E-state index is 12.1. The van der Waals surface area contributed by atoms with E-state index in [9.17, 15) is 14.7 Å². The summed E-state index contributed by atoms with van der Waals surface area (Å²) in [5, 5.41) is 11.7. The molecule has 0 amide bonds. The number of hydrogen-bond donors (Lipinski definition) is 1. The molecule has 3 aromatic rings. The lowest BCUT2D eigenvalue weighted by Gasteiger charge is -2.33. The molecule has 3 aromatic carbocycles. The Balaban J connectivity index is 1.43. The topological polar surface area (TPSA) is 72.8 Å². The number of carbonyl (C=O) groups excluding carboxylic acids is 2. The highest BCUT2D eigenvalue weighted by atomic mass is 16.5. The molecule has 1 aliphatic carbocycles. The second kappa shape index (κ2) is 17.3. The number of rotatable bonds is 16. The van der Waals surface area contributed by atoms with E-state index in [0.717, 1.165) is 38.5 Å². The molecule has 1 unspecified atom stereocenters. The molecule has 1 saturated carbocycles. The summed E-state index contributed by atoms with van der Waals surface area (Å²) in [4.78, 5) is 24.2. The first-order valence-electron chi connectivity index (χ1n) is 17.2. The van der Waals surface area contributed by atoms with Gasteiger partial charge in [-0.15, -0.1) is 0 Å². The minimum absolute atomic E-state index is 0.0155. The molecule has 5 nitrogen and oxygen atoms in total. The SMILES string of the molecule is C=C(C)C(=O)OCC(COC(=O)C(=C)CO)C1CCC(c2ccc3cc(-c4ccc(CCCCC)c(CCC)c4)ccc3c2)CC1. The Labute approximate surface area is 275 Å². The largest absolute Gasteiger partial charge is 0.462 e. The zero-order valence-corrected chi connectivity index (χ0v) is 28.1. The van der Waals surface area contributed by atoms with E-state index in [1.807, 2.05) is 0 Å². The van der Waals surface area contributed by atoms with Crippen LogP contribution in [0.1, 0.15) is 94.7 Å². The maximum Gasteiger partial charge on any atom is 0.335 e. The van der Waals surface area contributed by atoms with Crippen LogP contribution in [0.5, 0.6) is 0 Å². The smallest absolute Gasteiger partial charge is 0.335 e. The van der Waals surface area contributed by atoms with Crippen molar-refractivity contribution in [2.24, 2.45) is 11.8 Å². The molecule has 0 heterocycles. The minimum Gasteiger partial charge on any atom is -0.462 e. The van der Waals surface area contributed by atoms with Gasteiger partial charge in [0.05, 0.1) is 25.4 Å². The van der Waals surface area contributed by atoms with Gasteiger partial charge < -0.3 is 14.6 Å². The predicted octanol–water partition coefficient (Wildman–Crippen LogP) is 9.29. The fourth-order valence-corrected chi connectivity index (χ4v) is 6.71. The molecule has 0 bridgehead atoms. The zero-order valence-electron chi connectivity index (χ0n) is 28.1. The Morgan fingerprint density at radius 1 is 0.783 bits per heavy atom. The van der Waals surface area contributed by atoms with Gasteiger partial charge in [-0.25, -0.2) is 9.59 Å². The Bertz CT molecular complexity index is 1510. The molecule has 1 aliphatic rings. The van der Waals surface area contributed by atoms with E-state index in [1.165, 1.54) is 64.3 Å². The second-order valence-corrected chi connectivity index (χ2v) is 13.1. The van der Waals surface area contributed by atoms with Crippen LogP contribution >= 0.6 is 0 Å². The summed E-state index contributed by atoms with van der Waals surface area (Å²) in [5.74, 6) is -0.481. The van der Waals surface area contributed by atoms with Crippen molar-refractivity contribution in [1.82, 2.24) is 0 Å². The Hall–Kier alpha value is -3.70. The van der Waals surface area contributed by atoms with E-state index in [-0.39, 0.29) is 30.6 Å². The Kier molecular flexibility index (Phi) is 13.2. The number of fused-ring (bicyclic) bond motifs is 1. The summed E-state index contributed by atoms with van der Waals surface area (Å²) in [6.07, 6.45) is 11.2. The van der Waals surface area contributed by atoms with Gasteiger partial charge in [-0.1, -0.05) is 94.8 Å². The average molecular weight is 625 g/mol. The Morgan fingerprint density at radius 3 is 2.11 bits per heavy atom. The average Bonchev–Trinajstić information content (AvgIpc) is 3.08. The number of esters is 2. The molecular weight excluding hydrogens is 572 g/mol. The van der Waals surface area contributed by atoms with Crippen LogP contribution in [-0.4, -0.2) is 36.9 Å². The van der Waals surface area contributed by atoms with Crippen LogP contribution in [0.4, 0.5) is 0 Å². The molecule has 46 heavy (non-hydrogen) atoms. The molecule has 0 spiro atoms. The number of ether oxygens (including phenoxy) is 2. The molecule has 0 saturated heterocycles. The lowest BCUT2D eigenvalue weighted by Crippen LogP contribution is -2.30. The number of aryl methyl sites for hydroxylation is 2. The summed E-state index contributed by atoms with van der Waals surface area (Å²) in [5.41, 5.74) is 7.27. The van der Waals surface area contributed by atoms with Crippen LogP contribution in [0.2, 0.25) is 0 Å². The van der Waals surface area contributed by atoms with Crippen molar-refractivity contribution in [2.75, 3.05) is 19.8 Å². The molecule has 246 valence electrons. The number of carbonyl (C=O) groups is 2. The van der Waals surface area contributed by atoms with Crippen molar-refractivity contribution in [1.29, 1.82) is 0 Å². The fraction of sp³-hybridized carbons (Fsp3) is 0.463. The predicted molar refractivity (Wildman–Crippen MR) is 188 cm³/mol. The first kappa shape index (κ1) is 35.2. The number of aliphatic hydroxyl groups excluding tert-OH is 1. The van der Waals surface area contributed by atoms with Crippen LogP contribution in [0.3, 0.4) is 0 Å². The van der Waals surface area contributed by atoms with Crippen molar-refractivity contribution in [3.05, 3.63) is 95.6 Å². The minimum atomic E-state index is -0.618. The summed E-state index contributed by atoms with van der Waals surface area (Å²) in [6.45, 7) is 13.2. The van der Waals surface area contributed by atoms with Crippen molar-refractivity contribution >= 4 is 22.7 Å². The van der Waals surface area contributed by atoms with Crippen LogP contribution in [0, 0.1) is 11.8 Å². The highest BCUT2D eigenvalue weighted by Crippen LogP contribution is 2.40. The number of benzene rings is 3. The lowest BCUT2D eigenvalue weighted by molar-refractivity contribution is -0.146. The van der Waals surface area contributed by atoms with Crippen LogP contribution in [0.15, 0.2) is 78.9 Å². The summed E-state index contributed by atoms with van der Waals surface area (Å²) >= 11 is 0. The van der Waals surface area contributed by atoms with E-state index in [0.29, 0.717) is 11.5 Å². The van der Waals surface area contributed by atoms with Crippen molar-refractivity contribution < 1.29 is 24.2 Å². The van der Waals surface area contributed by atoms with Gasteiger partial charge in [0.2, 0.25) is 0 Å². The summed E-state index contributed by atoms with van der Waals surface area (Å²) in [6, 6.07) is 20.8. The first-order valence-corrected chi connectivity index (χ1v) is 17.2. The van der Waals surface area contributed by atoms with E-state index < -0.39 is 18.5 Å². The van der Waals surface area contributed by atoms with Gasteiger partial charge in [-0.3, -0.25) is 0 Å². The highest BCUT2D eigenvalue weighted by Gasteiger charge is 2.30. The van der Waals surface area contributed by atoms with Gasteiger partial charge in [-0.05, 0) is 108 Å². The lowest BCUT2D eigenvalue weighted by atomic mass is 9.74. The first-order chi connectivity index (χ1) is 22.2. The molecule has 0 radical (unpaired) electrons. The monoisotopic (exact) mass is 624 g/mol. The van der Waals surface area contributed by atoms with Crippen LogP contribution < -0.4 is 0 Å². The quantitative estimate of drug-likeness (QED) is 0.0977. The third-order valence-corrected chi connectivity index (χ3v) is 9.57. The third-order valence-electron chi connectivity index (χ3n) is 9.57. The van der Waals surface area contributed by atoms with Crippen molar-refractivity contribution in [2.45, 2.75) is 90.9 Å². The van der Waals surface area contributed by atoms with Crippen molar-refractivity contribution in [3.8, 4) is 11.1 Å². The molecule has 0 aliphatic heterocycles. The van der Waals surface area contributed by atoms with Crippen molar-refractivity contribution in [3.63, 3.8) is 0 Å². The molecule has 1 N–H and O–H groups in total. The maximum absolute atomic E-state index is 12.1. The fourth-order valence-electron chi connectivity index (χ4n) is 6.71.